The van der Waals surface area contributed by atoms with Crippen LogP contribution in [0.25, 0.3) is 0 Å². The zero-order valence-corrected chi connectivity index (χ0v) is 18.2. The Balaban J connectivity index is 1.36. The Morgan fingerprint density at radius 3 is 2.53 bits per heavy atom. The van der Waals surface area contributed by atoms with Crippen LogP contribution in [0.5, 0.6) is 0 Å². The third-order valence-corrected chi connectivity index (χ3v) is 6.23. The summed E-state index contributed by atoms with van der Waals surface area (Å²) in [5.74, 6) is 1.85. The quantitative estimate of drug-likeness (QED) is 0.454. The maximum absolute atomic E-state index is 12.5. The van der Waals surface area contributed by atoms with Crippen LogP contribution >= 0.6 is 11.8 Å². The van der Waals surface area contributed by atoms with Gasteiger partial charge >= 0.3 is 0 Å². The van der Waals surface area contributed by atoms with Gasteiger partial charge in [-0.25, -0.2) is 0 Å². The highest BCUT2D eigenvalue weighted by Crippen LogP contribution is 2.40. The molecule has 156 valence electrons. The Morgan fingerprint density at radius 1 is 1.07 bits per heavy atom. The van der Waals surface area contributed by atoms with Crippen molar-refractivity contribution >= 4 is 23.4 Å². The lowest BCUT2D eigenvalue weighted by atomic mass is 10.1. The van der Waals surface area contributed by atoms with Gasteiger partial charge in [-0.1, -0.05) is 67.6 Å². The van der Waals surface area contributed by atoms with Crippen LogP contribution in [0.1, 0.15) is 55.5 Å². The first-order chi connectivity index (χ1) is 14.7. The van der Waals surface area contributed by atoms with Crippen molar-refractivity contribution in [1.82, 2.24) is 14.8 Å². The molecule has 1 amide bonds. The predicted molar refractivity (Wildman–Crippen MR) is 122 cm³/mol. The number of unbranched alkanes of at least 4 members (excludes halogenated alkanes) is 1. The van der Waals surface area contributed by atoms with Crippen molar-refractivity contribution in [3.63, 3.8) is 0 Å². The summed E-state index contributed by atoms with van der Waals surface area (Å²) in [5.41, 5.74) is 3.37. The normalized spacial score (nSPS) is 13.4. The number of aryl methyl sites for hydroxylation is 1. The van der Waals surface area contributed by atoms with E-state index in [4.69, 9.17) is 0 Å². The number of carbonyl (C=O) groups excluding carboxylic acids is 1. The molecule has 1 aliphatic carbocycles. The molecule has 0 spiro atoms. The molecule has 1 aromatic heterocycles. The highest BCUT2D eigenvalue weighted by atomic mass is 32.2. The number of benzene rings is 2. The summed E-state index contributed by atoms with van der Waals surface area (Å²) in [4.78, 5) is 12.5. The number of hydrogen-bond acceptors (Lipinski definition) is 4. The van der Waals surface area contributed by atoms with Gasteiger partial charge in [-0.05, 0) is 48.9 Å². The number of nitrogens with one attached hydrogen (secondary N) is 1. The van der Waals surface area contributed by atoms with Crippen LogP contribution in [0.2, 0.25) is 0 Å². The van der Waals surface area contributed by atoms with Gasteiger partial charge in [0.1, 0.15) is 5.82 Å². The Morgan fingerprint density at radius 2 is 1.83 bits per heavy atom. The van der Waals surface area contributed by atoms with Crippen molar-refractivity contribution in [1.29, 1.82) is 0 Å². The van der Waals surface area contributed by atoms with E-state index in [1.54, 1.807) is 0 Å². The van der Waals surface area contributed by atoms with Crippen LogP contribution in [0.15, 0.2) is 59.8 Å². The van der Waals surface area contributed by atoms with Gasteiger partial charge in [0, 0.05) is 11.6 Å². The molecule has 1 heterocycles. The molecule has 0 atom stereocenters. The lowest BCUT2D eigenvalue weighted by Crippen LogP contribution is -2.15. The zero-order chi connectivity index (χ0) is 20.8. The molecule has 1 aliphatic rings. The van der Waals surface area contributed by atoms with E-state index >= 15 is 0 Å². The number of carbonyl (C=O) groups is 1. The fraction of sp³-hybridized carbons (Fsp3) is 0.375. The maximum Gasteiger partial charge on any atom is 0.234 e. The monoisotopic (exact) mass is 420 g/mol. The van der Waals surface area contributed by atoms with Crippen LogP contribution in [0, 0.1) is 0 Å². The van der Waals surface area contributed by atoms with Crippen molar-refractivity contribution in [2.75, 3.05) is 11.1 Å². The molecular formula is C24H28N4OS. The van der Waals surface area contributed by atoms with Crippen molar-refractivity contribution in [2.24, 2.45) is 0 Å². The highest BCUT2D eigenvalue weighted by molar-refractivity contribution is 7.99. The second-order valence-corrected chi connectivity index (χ2v) is 8.77. The molecular weight excluding hydrogens is 392 g/mol. The molecule has 4 rings (SSSR count). The minimum Gasteiger partial charge on any atom is -0.325 e. The lowest BCUT2D eigenvalue weighted by Gasteiger charge is -2.10. The van der Waals surface area contributed by atoms with Gasteiger partial charge in [0.25, 0.3) is 0 Å². The van der Waals surface area contributed by atoms with Gasteiger partial charge in [0.15, 0.2) is 5.16 Å². The summed E-state index contributed by atoms with van der Waals surface area (Å²) in [7, 11) is 0. The molecule has 1 N–H and O–H groups in total. The van der Waals surface area contributed by atoms with E-state index in [-0.39, 0.29) is 5.91 Å². The molecule has 0 unspecified atom stereocenters. The van der Waals surface area contributed by atoms with E-state index < -0.39 is 0 Å². The number of hydrogen-bond donors (Lipinski definition) is 1. The van der Waals surface area contributed by atoms with E-state index in [2.05, 4.69) is 51.3 Å². The minimum absolute atomic E-state index is 0.0245. The number of aromatic nitrogens is 3. The van der Waals surface area contributed by atoms with Gasteiger partial charge < -0.3 is 9.88 Å². The average Bonchev–Trinajstić information content (AvgIpc) is 3.54. The zero-order valence-electron chi connectivity index (χ0n) is 17.4. The molecule has 1 fully saturated rings. The van der Waals surface area contributed by atoms with Gasteiger partial charge in [-0.3, -0.25) is 4.79 Å². The first kappa shape index (κ1) is 20.7. The Kier molecular flexibility index (Phi) is 6.84. The van der Waals surface area contributed by atoms with Crippen molar-refractivity contribution in [3.05, 3.63) is 71.5 Å². The van der Waals surface area contributed by atoms with Crippen LogP contribution in [-0.4, -0.2) is 26.4 Å². The Labute approximate surface area is 182 Å². The standard InChI is InChI=1S/C24H28N4OS/c1-2-3-7-18-10-14-21(15-11-18)25-22(29)17-30-24-27-26-23(20-12-13-20)28(24)16-19-8-5-4-6-9-19/h4-6,8-11,14-15,20H,2-3,7,12-13,16-17H2,1H3,(H,25,29). The molecule has 0 aliphatic heterocycles. The summed E-state index contributed by atoms with van der Waals surface area (Å²) < 4.78 is 2.17. The molecule has 2 aromatic carbocycles. The van der Waals surface area contributed by atoms with Crippen LogP contribution in [0.4, 0.5) is 5.69 Å². The summed E-state index contributed by atoms with van der Waals surface area (Å²) >= 11 is 1.45. The average molecular weight is 421 g/mol. The SMILES string of the molecule is CCCCc1ccc(NC(=O)CSc2nnc(C3CC3)n2Cc2ccccc2)cc1. The summed E-state index contributed by atoms with van der Waals surface area (Å²) in [5, 5.41) is 12.6. The van der Waals surface area contributed by atoms with Gasteiger partial charge in [0.2, 0.25) is 5.91 Å². The van der Waals surface area contributed by atoms with E-state index in [1.807, 2.05) is 30.3 Å². The van der Waals surface area contributed by atoms with Gasteiger partial charge in [-0.15, -0.1) is 10.2 Å². The van der Waals surface area contributed by atoms with E-state index in [0.717, 1.165) is 29.6 Å². The Bertz CT molecular complexity index is 965. The number of amides is 1. The molecule has 0 bridgehead atoms. The number of nitrogens with zero attached hydrogens (tertiary/aromatic N) is 3. The Hall–Kier alpha value is -2.60. The molecule has 30 heavy (non-hydrogen) atoms. The molecule has 1 saturated carbocycles. The second-order valence-electron chi connectivity index (χ2n) is 7.82. The second kappa shape index (κ2) is 9.94. The number of anilines is 1. The van der Waals surface area contributed by atoms with E-state index in [0.29, 0.717) is 11.7 Å². The molecule has 3 aromatic rings. The van der Waals surface area contributed by atoms with Crippen LogP contribution < -0.4 is 5.32 Å². The molecule has 0 radical (unpaired) electrons. The fourth-order valence-corrected chi connectivity index (χ4v) is 4.17. The van der Waals surface area contributed by atoms with Crippen LogP contribution in [0.3, 0.4) is 0 Å². The fourth-order valence-electron chi connectivity index (χ4n) is 3.43. The summed E-state index contributed by atoms with van der Waals surface area (Å²) in [6, 6.07) is 18.5. The maximum atomic E-state index is 12.5. The van der Waals surface area contributed by atoms with Gasteiger partial charge in [0.05, 0.1) is 12.3 Å². The third-order valence-electron chi connectivity index (χ3n) is 5.26. The topological polar surface area (TPSA) is 59.8 Å². The first-order valence-electron chi connectivity index (χ1n) is 10.7. The van der Waals surface area contributed by atoms with Crippen LogP contribution in [-0.2, 0) is 17.8 Å². The first-order valence-corrected chi connectivity index (χ1v) is 11.7. The third kappa shape index (κ3) is 5.51. The van der Waals surface area contributed by atoms with Crippen molar-refractivity contribution in [2.45, 2.75) is 56.6 Å². The number of rotatable bonds is 10. The van der Waals surface area contributed by atoms with Crippen molar-refractivity contribution in [3.8, 4) is 0 Å². The van der Waals surface area contributed by atoms with Gasteiger partial charge in [-0.2, -0.15) is 0 Å². The lowest BCUT2D eigenvalue weighted by molar-refractivity contribution is -0.113. The predicted octanol–water partition coefficient (Wildman–Crippen LogP) is 5.28. The molecule has 6 heteroatoms. The number of thioether (sulfide) groups is 1. The minimum atomic E-state index is -0.0245. The van der Waals surface area contributed by atoms with Crippen molar-refractivity contribution < 1.29 is 4.79 Å². The smallest absolute Gasteiger partial charge is 0.234 e. The van der Waals surface area contributed by atoms with E-state index in [9.17, 15) is 4.79 Å². The molecule has 5 nitrogen and oxygen atoms in total. The largest absolute Gasteiger partial charge is 0.325 e. The highest BCUT2D eigenvalue weighted by Gasteiger charge is 2.30. The summed E-state index contributed by atoms with van der Waals surface area (Å²) in [6.45, 7) is 2.93. The molecule has 0 saturated heterocycles. The summed E-state index contributed by atoms with van der Waals surface area (Å²) in [6.07, 6.45) is 5.81. The van der Waals surface area contributed by atoms with E-state index in [1.165, 1.54) is 48.6 Å².